The minimum absolute atomic E-state index is 0.164. The summed E-state index contributed by atoms with van der Waals surface area (Å²) in [5, 5.41) is 3.38. The summed E-state index contributed by atoms with van der Waals surface area (Å²) in [6, 6.07) is 4.43. The number of imide groups is 1. The molecule has 6 heteroatoms. The Labute approximate surface area is 162 Å². The van der Waals surface area contributed by atoms with Crippen molar-refractivity contribution in [2.24, 2.45) is 35.5 Å². The molecule has 1 aliphatic heterocycles. The molecule has 0 spiro atoms. The zero-order chi connectivity index (χ0) is 19.0. The SMILES string of the molecule is Cc1c(Cl)cccc1NC(=O)[C@H](C)N1C(=O)[C@H]2[C@@H]3C=C[C@H]([C@H]4C[C@H]34)[C@@H]2C1=O. The number of carbonyl (C=O) groups excluding carboxylic acids is 3. The fourth-order valence-corrected chi connectivity index (χ4v) is 5.63. The fourth-order valence-electron chi connectivity index (χ4n) is 5.46. The van der Waals surface area contributed by atoms with Gasteiger partial charge in [0.25, 0.3) is 0 Å². The van der Waals surface area contributed by atoms with Gasteiger partial charge in [-0.3, -0.25) is 19.3 Å². The maximum atomic E-state index is 13.1. The maximum Gasteiger partial charge on any atom is 0.247 e. The van der Waals surface area contributed by atoms with E-state index in [1.807, 2.05) is 6.92 Å². The van der Waals surface area contributed by atoms with E-state index in [9.17, 15) is 14.4 Å². The number of carbonyl (C=O) groups is 3. The molecule has 1 aromatic carbocycles. The topological polar surface area (TPSA) is 66.5 Å². The molecule has 7 atom stereocenters. The number of nitrogens with zero attached hydrogens (tertiary/aromatic N) is 1. The van der Waals surface area contributed by atoms with Crippen LogP contribution >= 0.6 is 11.6 Å². The van der Waals surface area contributed by atoms with Gasteiger partial charge in [0.05, 0.1) is 11.8 Å². The molecular weight excluding hydrogens is 364 g/mol. The molecule has 6 rings (SSSR count). The monoisotopic (exact) mass is 384 g/mol. The standard InChI is InChI=1S/C21H21ClN2O3/c1-9-15(22)4-3-5-16(9)23-19(25)10(2)24-20(26)17-11-6-7-12(14-8-13(11)14)18(17)21(24)27/h3-7,10-14,17-18H,8H2,1-2H3,(H,23,25)/t10-,11+,12+,13+,14+,17-,18-/m0/s1. The number of benzene rings is 1. The summed E-state index contributed by atoms with van der Waals surface area (Å²) in [7, 11) is 0. The van der Waals surface area contributed by atoms with Crippen molar-refractivity contribution in [2.75, 3.05) is 5.32 Å². The first-order valence-corrected chi connectivity index (χ1v) is 9.89. The second-order valence-corrected chi connectivity index (χ2v) is 8.69. The minimum atomic E-state index is -0.843. The van der Waals surface area contributed by atoms with Crippen molar-refractivity contribution >= 4 is 35.0 Å². The molecule has 1 N–H and O–H groups in total. The van der Waals surface area contributed by atoms with Crippen molar-refractivity contribution in [1.29, 1.82) is 0 Å². The van der Waals surface area contributed by atoms with Gasteiger partial charge < -0.3 is 5.32 Å². The van der Waals surface area contributed by atoms with Crippen LogP contribution in [0.1, 0.15) is 18.9 Å². The van der Waals surface area contributed by atoms with E-state index in [-0.39, 0.29) is 41.4 Å². The van der Waals surface area contributed by atoms with Crippen molar-refractivity contribution in [3.05, 3.63) is 40.9 Å². The Morgan fingerprint density at radius 3 is 2.33 bits per heavy atom. The third kappa shape index (κ3) is 2.27. The molecule has 0 unspecified atom stereocenters. The maximum absolute atomic E-state index is 13.1. The highest BCUT2D eigenvalue weighted by atomic mass is 35.5. The van der Waals surface area contributed by atoms with Gasteiger partial charge in [-0.25, -0.2) is 0 Å². The lowest BCUT2D eigenvalue weighted by Crippen LogP contribution is -2.46. The third-order valence-corrected chi connectivity index (χ3v) is 7.40. The van der Waals surface area contributed by atoms with Gasteiger partial charge in [-0.2, -0.15) is 0 Å². The molecule has 140 valence electrons. The van der Waals surface area contributed by atoms with Crippen LogP contribution in [0.15, 0.2) is 30.4 Å². The molecule has 27 heavy (non-hydrogen) atoms. The van der Waals surface area contributed by atoms with Crippen molar-refractivity contribution in [3.8, 4) is 0 Å². The molecule has 3 fully saturated rings. The van der Waals surface area contributed by atoms with Gasteiger partial charge in [0.2, 0.25) is 17.7 Å². The van der Waals surface area contributed by atoms with Gasteiger partial charge in [0.15, 0.2) is 0 Å². The van der Waals surface area contributed by atoms with Gasteiger partial charge in [0.1, 0.15) is 6.04 Å². The largest absolute Gasteiger partial charge is 0.324 e. The number of allylic oxidation sites excluding steroid dienone is 2. The van der Waals surface area contributed by atoms with E-state index in [1.54, 1.807) is 25.1 Å². The number of hydrogen-bond acceptors (Lipinski definition) is 3. The molecule has 4 aliphatic carbocycles. The van der Waals surface area contributed by atoms with Crippen LogP contribution in [0.25, 0.3) is 0 Å². The van der Waals surface area contributed by atoms with Crippen LogP contribution in [0.3, 0.4) is 0 Å². The summed E-state index contributed by atoms with van der Waals surface area (Å²) in [5.41, 5.74) is 1.36. The van der Waals surface area contributed by atoms with E-state index >= 15 is 0 Å². The smallest absolute Gasteiger partial charge is 0.247 e. The zero-order valence-corrected chi connectivity index (χ0v) is 15.9. The second kappa shape index (κ2) is 5.68. The number of hydrogen-bond donors (Lipinski definition) is 1. The molecule has 1 aromatic rings. The lowest BCUT2D eigenvalue weighted by Gasteiger charge is -2.37. The van der Waals surface area contributed by atoms with Crippen LogP contribution in [0.5, 0.6) is 0 Å². The normalized spacial score (nSPS) is 36.5. The molecule has 1 heterocycles. The fraction of sp³-hybridized carbons (Fsp3) is 0.476. The van der Waals surface area contributed by atoms with Crippen molar-refractivity contribution in [3.63, 3.8) is 0 Å². The van der Waals surface area contributed by atoms with Crippen molar-refractivity contribution in [2.45, 2.75) is 26.3 Å². The molecule has 5 nitrogen and oxygen atoms in total. The van der Waals surface area contributed by atoms with Crippen LogP contribution in [-0.4, -0.2) is 28.7 Å². The summed E-state index contributed by atoms with van der Waals surface area (Å²) in [4.78, 5) is 40.2. The molecular formula is C21H21ClN2O3. The van der Waals surface area contributed by atoms with Crippen LogP contribution in [-0.2, 0) is 14.4 Å². The highest BCUT2D eigenvalue weighted by Crippen LogP contribution is 2.65. The summed E-state index contributed by atoms with van der Waals surface area (Å²) < 4.78 is 0. The number of anilines is 1. The third-order valence-electron chi connectivity index (χ3n) is 6.99. The average Bonchev–Trinajstić information content (AvgIpc) is 3.42. The van der Waals surface area contributed by atoms with Crippen LogP contribution in [0.2, 0.25) is 5.02 Å². The van der Waals surface area contributed by atoms with Gasteiger partial charge in [-0.15, -0.1) is 0 Å². The number of rotatable bonds is 3. The number of nitrogens with one attached hydrogen (secondary N) is 1. The van der Waals surface area contributed by atoms with Crippen LogP contribution < -0.4 is 5.32 Å². The second-order valence-electron chi connectivity index (χ2n) is 8.28. The number of amides is 3. The highest BCUT2D eigenvalue weighted by molar-refractivity contribution is 6.31. The quantitative estimate of drug-likeness (QED) is 0.643. The van der Waals surface area contributed by atoms with Gasteiger partial charge in [-0.05, 0) is 61.6 Å². The van der Waals surface area contributed by atoms with Crippen molar-refractivity contribution in [1.82, 2.24) is 4.90 Å². The Morgan fingerprint density at radius 2 is 1.74 bits per heavy atom. The predicted octanol–water partition coefficient (Wildman–Crippen LogP) is 3.03. The molecule has 0 radical (unpaired) electrons. The number of likely N-dealkylation sites (tertiary alicyclic amines) is 1. The minimum Gasteiger partial charge on any atom is -0.324 e. The molecule has 3 amide bonds. The first kappa shape index (κ1) is 17.0. The Balaban J connectivity index is 1.39. The van der Waals surface area contributed by atoms with E-state index in [0.717, 1.165) is 12.0 Å². The van der Waals surface area contributed by atoms with Gasteiger partial charge in [-0.1, -0.05) is 29.8 Å². The Hall–Kier alpha value is -2.14. The first-order valence-electron chi connectivity index (χ1n) is 9.51. The Bertz CT molecular complexity index is 875. The van der Waals surface area contributed by atoms with E-state index in [2.05, 4.69) is 17.5 Å². The Morgan fingerprint density at radius 1 is 1.15 bits per heavy atom. The van der Waals surface area contributed by atoms with E-state index in [0.29, 0.717) is 22.5 Å². The van der Waals surface area contributed by atoms with Gasteiger partial charge >= 0.3 is 0 Å². The van der Waals surface area contributed by atoms with Crippen LogP contribution in [0, 0.1) is 42.4 Å². The molecule has 5 aliphatic rings. The van der Waals surface area contributed by atoms with E-state index in [1.165, 1.54) is 4.90 Å². The van der Waals surface area contributed by atoms with Gasteiger partial charge in [0, 0.05) is 10.7 Å². The summed E-state index contributed by atoms with van der Waals surface area (Å²) in [6.07, 6.45) is 5.39. The highest BCUT2D eigenvalue weighted by Gasteiger charge is 2.67. The lowest BCUT2D eigenvalue weighted by atomic mass is 9.63. The van der Waals surface area contributed by atoms with Crippen LogP contribution in [0.4, 0.5) is 5.69 Å². The molecule has 2 bridgehead atoms. The summed E-state index contributed by atoms with van der Waals surface area (Å²) in [6.45, 7) is 3.44. The zero-order valence-electron chi connectivity index (χ0n) is 15.2. The Kier molecular flexibility index (Phi) is 3.57. The molecule has 0 aromatic heterocycles. The van der Waals surface area contributed by atoms with E-state index in [4.69, 9.17) is 11.6 Å². The van der Waals surface area contributed by atoms with Crippen molar-refractivity contribution < 1.29 is 14.4 Å². The molecule has 1 saturated heterocycles. The van der Waals surface area contributed by atoms with E-state index < -0.39 is 6.04 Å². The summed E-state index contributed by atoms with van der Waals surface area (Å²) >= 11 is 6.11. The number of halogens is 1. The first-order chi connectivity index (χ1) is 12.9. The summed E-state index contributed by atoms with van der Waals surface area (Å²) in [5.74, 6) is 0.145. The predicted molar refractivity (Wildman–Crippen MR) is 101 cm³/mol. The lowest BCUT2D eigenvalue weighted by molar-refractivity contribution is -0.146. The molecule has 2 saturated carbocycles. The average molecular weight is 385 g/mol.